The number of nitrogens with zero attached hydrogens (tertiary/aromatic N) is 3. The molecule has 6 nitrogen and oxygen atoms in total. The van der Waals surface area contributed by atoms with Crippen molar-refractivity contribution in [3.8, 4) is 0 Å². The van der Waals surface area contributed by atoms with Crippen LogP contribution in [0, 0.1) is 6.92 Å². The maximum atomic E-state index is 12.2. The number of aromatic nitrogens is 3. The summed E-state index contributed by atoms with van der Waals surface area (Å²) in [5.74, 6) is 0.924. The molecular weight excluding hydrogens is 300 g/mol. The van der Waals surface area contributed by atoms with Gasteiger partial charge >= 0.3 is 0 Å². The zero-order chi connectivity index (χ0) is 15.4. The minimum atomic E-state index is -0.0549. The monoisotopic (exact) mass is 316 g/mol. The lowest BCUT2D eigenvalue weighted by Crippen LogP contribution is -2.26. The second-order valence-corrected chi connectivity index (χ2v) is 5.70. The van der Waals surface area contributed by atoms with E-state index in [2.05, 4.69) is 20.8 Å². The van der Waals surface area contributed by atoms with Crippen LogP contribution in [0.15, 0.2) is 45.9 Å². The lowest BCUT2D eigenvalue weighted by atomic mass is 10.1. The van der Waals surface area contributed by atoms with Gasteiger partial charge in [0.1, 0.15) is 0 Å². The maximum Gasteiger partial charge on any atom is 0.246 e. The first-order chi connectivity index (χ1) is 10.7. The van der Waals surface area contributed by atoms with Gasteiger partial charge in [-0.05, 0) is 41.4 Å². The van der Waals surface area contributed by atoms with E-state index in [9.17, 15) is 4.79 Å². The fourth-order valence-electron chi connectivity index (χ4n) is 2.25. The van der Waals surface area contributed by atoms with Crippen LogP contribution in [0.5, 0.6) is 0 Å². The zero-order valence-corrected chi connectivity index (χ0v) is 12.9. The minimum Gasteiger partial charge on any atom is -0.347 e. The lowest BCUT2D eigenvalue weighted by Gasteiger charge is -2.17. The van der Waals surface area contributed by atoms with E-state index < -0.39 is 0 Å². The van der Waals surface area contributed by atoms with Crippen LogP contribution in [0.3, 0.4) is 0 Å². The summed E-state index contributed by atoms with van der Waals surface area (Å²) in [4.78, 5) is 16.3. The van der Waals surface area contributed by atoms with Gasteiger partial charge in [-0.15, -0.1) is 0 Å². The molecule has 0 saturated carbocycles. The van der Waals surface area contributed by atoms with E-state index in [4.69, 9.17) is 4.52 Å². The van der Waals surface area contributed by atoms with E-state index >= 15 is 0 Å². The van der Waals surface area contributed by atoms with Gasteiger partial charge in [0.2, 0.25) is 11.8 Å². The Morgan fingerprint density at radius 1 is 1.45 bits per heavy atom. The number of amides is 1. The highest BCUT2D eigenvalue weighted by atomic mass is 32.1. The van der Waals surface area contributed by atoms with Crippen LogP contribution >= 0.6 is 11.3 Å². The first-order valence-corrected chi connectivity index (χ1v) is 7.87. The third-order valence-corrected chi connectivity index (χ3v) is 4.00. The standard InChI is InChI=1S/C15H16N4O2S/c1-11-17-15(21-18-11)9-16-14(20)8-13(12-4-7-22-10-12)19-5-2-3-6-19/h2-7,10,13H,8-9H2,1H3,(H,16,20)/t13-/m1/s1. The number of aryl methyl sites for hydroxylation is 1. The van der Waals surface area contributed by atoms with Gasteiger partial charge in [0.25, 0.3) is 0 Å². The van der Waals surface area contributed by atoms with Crippen molar-refractivity contribution in [2.45, 2.75) is 25.9 Å². The summed E-state index contributed by atoms with van der Waals surface area (Å²) in [6.45, 7) is 2.00. The Morgan fingerprint density at radius 2 is 2.27 bits per heavy atom. The number of carbonyl (C=O) groups is 1. The average molecular weight is 316 g/mol. The van der Waals surface area contributed by atoms with Crippen molar-refractivity contribution in [3.05, 3.63) is 58.6 Å². The molecule has 3 aromatic heterocycles. The summed E-state index contributed by atoms with van der Waals surface area (Å²) in [6, 6.07) is 5.95. The van der Waals surface area contributed by atoms with Gasteiger partial charge in [-0.1, -0.05) is 5.16 Å². The van der Waals surface area contributed by atoms with Crippen LogP contribution in [-0.4, -0.2) is 20.6 Å². The molecule has 22 heavy (non-hydrogen) atoms. The molecule has 0 fully saturated rings. The first-order valence-electron chi connectivity index (χ1n) is 6.93. The molecule has 0 aliphatic rings. The van der Waals surface area contributed by atoms with Gasteiger partial charge in [-0.25, -0.2) is 0 Å². The average Bonchev–Trinajstić information content (AvgIpc) is 3.25. The predicted octanol–water partition coefficient (Wildman–Crippen LogP) is 2.54. The fraction of sp³-hybridized carbons (Fsp3) is 0.267. The van der Waals surface area contributed by atoms with Gasteiger partial charge in [0, 0.05) is 12.4 Å². The van der Waals surface area contributed by atoms with Crippen LogP contribution in [-0.2, 0) is 11.3 Å². The maximum absolute atomic E-state index is 12.2. The number of nitrogens with one attached hydrogen (secondary N) is 1. The molecule has 0 aliphatic carbocycles. The molecule has 1 atom stereocenters. The Kier molecular flexibility index (Phi) is 4.34. The van der Waals surface area contributed by atoms with Gasteiger partial charge in [0.15, 0.2) is 5.82 Å². The molecule has 0 saturated heterocycles. The van der Waals surface area contributed by atoms with Crippen molar-refractivity contribution in [2.75, 3.05) is 0 Å². The Morgan fingerprint density at radius 3 is 2.91 bits per heavy atom. The van der Waals surface area contributed by atoms with Crippen molar-refractivity contribution >= 4 is 17.2 Å². The van der Waals surface area contributed by atoms with Gasteiger partial charge in [0.05, 0.1) is 19.0 Å². The molecule has 0 aromatic carbocycles. The second kappa shape index (κ2) is 6.57. The Hall–Kier alpha value is -2.41. The van der Waals surface area contributed by atoms with Gasteiger partial charge in [-0.2, -0.15) is 16.3 Å². The van der Waals surface area contributed by atoms with Crippen molar-refractivity contribution in [1.82, 2.24) is 20.0 Å². The summed E-state index contributed by atoms with van der Waals surface area (Å²) in [5, 5.41) is 10.6. The van der Waals surface area contributed by atoms with Crippen molar-refractivity contribution in [1.29, 1.82) is 0 Å². The van der Waals surface area contributed by atoms with E-state index in [1.54, 1.807) is 18.3 Å². The molecular formula is C15H16N4O2S. The summed E-state index contributed by atoms with van der Waals surface area (Å²) < 4.78 is 7.02. The second-order valence-electron chi connectivity index (χ2n) is 4.92. The predicted molar refractivity (Wildman–Crippen MR) is 82.4 cm³/mol. The van der Waals surface area contributed by atoms with Crippen LogP contribution in [0.1, 0.15) is 29.7 Å². The SMILES string of the molecule is Cc1noc(CNC(=O)C[C@H](c2ccsc2)n2cccc2)n1. The van der Waals surface area contributed by atoms with Gasteiger partial charge < -0.3 is 14.4 Å². The minimum absolute atomic E-state index is 0.00864. The molecule has 1 N–H and O–H groups in total. The quantitative estimate of drug-likeness (QED) is 0.758. The molecule has 3 rings (SSSR count). The molecule has 0 radical (unpaired) electrons. The Bertz CT molecular complexity index is 684. The zero-order valence-electron chi connectivity index (χ0n) is 12.1. The van der Waals surface area contributed by atoms with E-state index in [0.29, 0.717) is 18.1 Å². The highest BCUT2D eigenvalue weighted by molar-refractivity contribution is 7.07. The third-order valence-electron chi connectivity index (χ3n) is 3.30. The normalized spacial score (nSPS) is 12.2. The summed E-state index contributed by atoms with van der Waals surface area (Å²) in [7, 11) is 0. The van der Waals surface area contributed by atoms with Crippen LogP contribution in [0.25, 0.3) is 0 Å². The topological polar surface area (TPSA) is 73.0 Å². The number of thiophene rings is 1. The molecule has 1 amide bonds. The number of rotatable bonds is 6. The lowest BCUT2D eigenvalue weighted by molar-refractivity contribution is -0.121. The molecule has 3 heterocycles. The molecule has 0 bridgehead atoms. The molecule has 0 spiro atoms. The fourth-order valence-corrected chi connectivity index (χ4v) is 2.96. The van der Waals surface area contributed by atoms with E-state index in [1.165, 1.54) is 0 Å². The van der Waals surface area contributed by atoms with Crippen LogP contribution in [0.4, 0.5) is 0 Å². The van der Waals surface area contributed by atoms with Crippen LogP contribution < -0.4 is 5.32 Å². The van der Waals surface area contributed by atoms with E-state index in [-0.39, 0.29) is 18.5 Å². The summed E-state index contributed by atoms with van der Waals surface area (Å²) in [6.07, 6.45) is 4.30. The Balaban J connectivity index is 1.64. The number of hydrogen-bond acceptors (Lipinski definition) is 5. The third kappa shape index (κ3) is 3.43. The van der Waals surface area contributed by atoms with Crippen molar-refractivity contribution < 1.29 is 9.32 Å². The Labute approximate surface area is 131 Å². The summed E-state index contributed by atoms with van der Waals surface area (Å²) >= 11 is 1.63. The molecule has 114 valence electrons. The molecule has 0 aliphatic heterocycles. The van der Waals surface area contributed by atoms with Crippen LogP contribution in [0.2, 0.25) is 0 Å². The molecule has 0 unspecified atom stereocenters. The van der Waals surface area contributed by atoms with Crippen molar-refractivity contribution in [3.63, 3.8) is 0 Å². The largest absolute Gasteiger partial charge is 0.347 e. The van der Waals surface area contributed by atoms with Gasteiger partial charge in [-0.3, -0.25) is 4.79 Å². The molecule has 3 aromatic rings. The smallest absolute Gasteiger partial charge is 0.246 e. The number of carbonyl (C=O) groups excluding carboxylic acids is 1. The highest BCUT2D eigenvalue weighted by Gasteiger charge is 2.18. The highest BCUT2D eigenvalue weighted by Crippen LogP contribution is 2.24. The van der Waals surface area contributed by atoms with E-state index in [0.717, 1.165) is 5.56 Å². The first kappa shape index (κ1) is 14.5. The number of hydrogen-bond donors (Lipinski definition) is 1. The van der Waals surface area contributed by atoms with E-state index in [1.807, 2.05) is 40.5 Å². The van der Waals surface area contributed by atoms with Crippen molar-refractivity contribution in [2.24, 2.45) is 0 Å². The summed E-state index contributed by atoms with van der Waals surface area (Å²) in [5.41, 5.74) is 1.13. The molecule has 7 heteroatoms.